The Hall–Kier alpha value is -16.2. The van der Waals surface area contributed by atoms with Crippen LogP contribution in [0, 0.1) is 0 Å². The number of carboxylic acid groups (broad SMARTS) is 10. The summed E-state index contributed by atoms with van der Waals surface area (Å²) in [5, 5.41) is 115. The van der Waals surface area contributed by atoms with Crippen molar-refractivity contribution >= 4 is 119 Å². The van der Waals surface area contributed by atoms with Crippen LogP contribution in [0.4, 0.5) is 0 Å². The Bertz CT molecular complexity index is 5440. The Kier molecular flexibility index (Phi) is 29.8. The highest BCUT2D eigenvalue weighted by Crippen LogP contribution is 2.32. The van der Waals surface area contributed by atoms with Gasteiger partial charge in [-0.2, -0.15) is 0 Å². The summed E-state index contributed by atoms with van der Waals surface area (Å²) in [5.74, 6) is -35.8. The van der Waals surface area contributed by atoms with Crippen LogP contribution in [-0.2, 0) is 37.9 Å². The number of ketones is 1. The van der Waals surface area contributed by atoms with Gasteiger partial charge in [-0.05, 0) is 97.1 Å². The Labute approximate surface area is 650 Å². The Morgan fingerprint density at radius 3 is 0.872 bits per heavy atom. The standard InChI is InChI=1S/C44H22O24.C33H32O16/c45-31(16-4-2-1-3-5-16)26-15-27(38(58)59)29(43(64)67-40(61)24-13-18(33(48)49)7-10-21(24)36(54)55)30(44(65)68-41(62)25-14-19(34(50)51)8-11-22(25)37(56)57)28(26)42(63)66-39(60)23-12-17(32(46)47)6-9-20(23)35(52)53;34-13-19(35)14-45-15-20(48-32(43)26-11-5-2-8-23(26)29(38)39)16-46-17-21(49-33(44)27-12-6-3-9-24(27)30(40)41)18-47-31(42)25-10-4-1-7-22(25)28(36)37/h1-15H,(H,46,47)(H,48,49)(H,50,51)(H,52,53)(H,54,55)(H,56,57)(H,58,59);1-12,19-21,34-35H,13-18H2,(H,36,37)(H,38,39)(H,40,41). The molecule has 8 aromatic rings. The van der Waals surface area contributed by atoms with Gasteiger partial charge in [-0.25, -0.2) is 91.1 Å². The molecule has 8 aromatic carbocycles. The van der Waals surface area contributed by atoms with Crippen molar-refractivity contribution in [2.24, 2.45) is 0 Å². The van der Waals surface area contributed by atoms with Gasteiger partial charge in [0.2, 0.25) is 0 Å². The number of hydrogen-bond donors (Lipinski definition) is 12. The van der Waals surface area contributed by atoms with Crippen molar-refractivity contribution in [3.05, 3.63) is 281 Å². The van der Waals surface area contributed by atoms with E-state index in [4.69, 9.17) is 43.0 Å². The van der Waals surface area contributed by atoms with Crippen molar-refractivity contribution in [2.75, 3.05) is 39.6 Å². The third-order valence-corrected chi connectivity index (χ3v) is 15.7. The Morgan fingerprint density at radius 2 is 0.538 bits per heavy atom. The van der Waals surface area contributed by atoms with Crippen molar-refractivity contribution in [2.45, 2.75) is 18.3 Å². The lowest BCUT2D eigenvalue weighted by atomic mass is 9.87. The van der Waals surface area contributed by atoms with Crippen LogP contribution >= 0.6 is 0 Å². The minimum atomic E-state index is -2.46. The zero-order valence-electron chi connectivity index (χ0n) is 58.9. The van der Waals surface area contributed by atoms with Crippen LogP contribution < -0.4 is 0 Å². The molecule has 0 aliphatic heterocycles. The third-order valence-electron chi connectivity index (χ3n) is 15.7. The van der Waals surface area contributed by atoms with Gasteiger partial charge in [0.15, 0.2) is 11.9 Å². The van der Waals surface area contributed by atoms with Crippen LogP contribution in [0.15, 0.2) is 164 Å². The summed E-state index contributed by atoms with van der Waals surface area (Å²) in [4.78, 5) is 255. The molecule has 3 unspecified atom stereocenters. The maximum atomic E-state index is 14.4. The number of aromatic carboxylic acids is 10. The first-order valence-electron chi connectivity index (χ1n) is 32.5. The van der Waals surface area contributed by atoms with E-state index < -0.39 is 254 Å². The summed E-state index contributed by atoms with van der Waals surface area (Å²) in [6.07, 6.45) is -3.94. The van der Waals surface area contributed by atoms with E-state index in [9.17, 15) is 152 Å². The molecule has 40 heteroatoms. The van der Waals surface area contributed by atoms with Gasteiger partial charge >= 0.3 is 113 Å². The molecule has 0 aromatic heterocycles. The molecule has 0 heterocycles. The second-order valence-corrected chi connectivity index (χ2v) is 23.4. The van der Waals surface area contributed by atoms with Crippen LogP contribution in [0.3, 0.4) is 0 Å². The van der Waals surface area contributed by atoms with Crippen LogP contribution in [0.25, 0.3) is 0 Å². The molecule has 12 N–H and O–H groups in total. The van der Waals surface area contributed by atoms with Gasteiger partial charge < -0.3 is 99.2 Å². The van der Waals surface area contributed by atoms with Gasteiger partial charge in [0.05, 0.1) is 139 Å². The number of carbonyl (C=O) groups is 20. The second kappa shape index (κ2) is 39.6. The summed E-state index contributed by atoms with van der Waals surface area (Å²) in [6, 6.07) is 26.6. The lowest BCUT2D eigenvalue weighted by molar-refractivity contribution is -0.0755. The van der Waals surface area contributed by atoms with E-state index in [0.717, 1.165) is 18.2 Å². The zero-order valence-corrected chi connectivity index (χ0v) is 58.9. The number of esters is 9. The van der Waals surface area contributed by atoms with E-state index in [1.807, 2.05) is 0 Å². The van der Waals surface area contributed by atoms with Crippen LogP contribution in [0.2, 0.25) is 0 Å². The van der Waals surface area contributed by atoms with Gasteiger partial charge in [0, 0.05) is 11.1 Å². The summed E-state index contributed by atoms with van der Waals surface area (Å²) < 4.78 is 41.2. The highest BCUT2D eigenvalue weighted by molar-refractivity contribution is 6.26. The summed E-state index contributed by atoms with van der Waals surface area (Å²) in [5.41, 5.74) is -20.0. The molecule has 0 saturated carbocycles. The fourth-order valence-corrected chi connectivity index (χ4v) is 10.2. The van der Waals surface area contributed by atoms with Crippen molar-refractivity contribution in [1.82, 2.24) is 0 Å². The molecule has 0 aliphatic carbocycles. The molecule has 0 spiro atoms. The maximum absolute atomic E-state index is 14.4. The van der Waals surface area contributed by atoms with Gasteiger partial charge in [-0.3, -0.25) is 4.79 Å². The molecule has 8 rings (SSSR count). The predicted molar refractivity (Wildman–Crippen MR) is 377 cm³/mol. The van der Waals surface area contributed by atoms with E-state index in [1.54, 1.807) is 0 Å². The SMILES string of the molecule is O=C(O)c1ccc(C(=O)O)c(C(=O)OC(=O)c2c(C(=O)O)cc(C(=O)c3ccccc3)c(C(=O)OC(=O)c3cc(C(=O)O)ccc3C(=O)O)c2C(=O)OC(=O)c2cc(C(=O)O)ccc2C(=O)O)c1.O=C(O)c1ccccc1C(=O)OCC(COCC(COCC(O)CO)OC(=O)c1ccccc1C(=O)O)OC(=O)c1ccccc1C(=O)O. The van der Waals surface area contributed by atoms with Crippen molar-refractivity contribution in [1.29, 1.82) is 0 Å². The first-order valence-corrected chi connectivity index (χ1v) is 32.5. The molecule has 0 fully saturated rings. The second-order valence-electron chi connectivity index (χ2n) is 23.4. The number of aliphatic hydroxyl groups excluding tert-OH is 2. The number of carbonyl (C=O) groups excluding carboxylic acids is 10. The minimum Gasteiger partial charge on any atom is -0.478 e. The molecule has 0 radical (unpaired) electrons. The quantitative estimate of drug-likeness (QED) is 0.0101. The predicted octanol–water partition coefficient (Wildman–Crippen LogP) is 5.57. The van der Waals surface area contributed by atoms with Crippen molar-refractivity contribution < 1.29 is 195 Å². The van der Waals surface area contributed by atoms with Crippen LogP contribution in [0.1, 0.15) is 213 Å². The lowest BCUT2D eigenvalue weighted by Crippen LogP contribution is -2.35. The van der Waals surface area contributed by atoms with Gasteiger partial charge in [0.1, 0.15) is 18.8 Å². The first kappa shape index (κ1) is 88.0. The number of carboxylic acids is 10. The molecule has 40 nitrogen and oxygen atoms in total. The lowest BCUT2D eigenvalue weighted by Gasteiger charge is -2.22. The topological polar surface area (TPSA) is 658 Å². The van der Waals surface area contributed by atoms with Crippen molar-refractivity contribution in [3.63, 3.8) is 0 Å². The van der Waals surface area contributed by atoms with Crippen LogP contribution in [0.5, 0.6) is 0 Å². The average molecular weight is 1620 g/mol. The fourth-order valence-electron chi connectivity index (χ4n) is 10.2. The minimum absolute atomic E-state index is 0.179. The first-order chi connectivity index (χ1) is 55.4. The van der Waals surface area contributed by atoms with E-state index in [2.05, 4.69) is 0 Å². The Morgan fingerprint density at radius 1 is 0.248 bits per heavy atom. The molecule has 0 amide bonds. The summed E-state index contributed by atoms with van der Waals surface area (Å²) in [7, 11) is 0. The van der Waals surface area contributed by atoms with Crippen molar-refractivity contribution in [3.8, 4) is 0 Å². The molecule has 117 heavy (non-hydrogen) atoms. The fraction of sp³-hybridized carbons (Fsp3) is 0.117. The smallest absolute Gasteiger partial charge is 0.347 e. The van der Waals surface area contributed by atoms with E-state index in [-0.39, 0.29) is 46.1 Å². The highest BCUT2D eigenvalue weighted by atomic mass is 16.6. The average Bonchev–Trinajstić information content (AvgIpc) is 0.743. The molecule has 0 saturated heterocycles. The number of aliphatic hydroxyl groups is 2. The molecule has 0 aliphatic rings. The van der Waals surface area contributed by atoms with E-state index in [0.29, 0.717) is 48.5 Å². The number of hydrogen-bond acceptors (Lipinski definition) is 30. The maximum Gasteiger partial charge on any atom is 0.347 e. The molecule has 0 bridgehead atoms. The summed E-state index contributed by atoms with van der Waals surface area (Å²) in [6.45, 7) is -3.12. The van der Waals surface area contributed by atoms with E-state index in [1.165, 1.54) is 91.0 Å². The molecular formula is C77H54O40. The largest absolute Gasteiger partial charge is 0.478 e. The molecule has 602 valence electrons. The third kappa shape index (κ3) is 22.3. The molecular weight excluding hydrogens is 1560 g/mol. The normalized spacial score (nSPS) is 11.3. The highest BCUT2D eigenvalue weighted by Gasteiger charge is 2.41. The summed E-state index contributed by atoms with van der Waals surface area (Å²) >= 11 is 0. The number of rotatable bonds is 34. The monoisotopic (exact) mass is 1620 g/mol. The van der Waals surface area contributed by atoms with Crippen LogP contribution in [-0.4, -0.2) is 238 Å². The number of ether oxygens (including phenoxy) is 8. The van der Waals surface area contributed by atoms with Gasteiger partial charge in [0.25, 0.3) is 0 Å². The van der Waals surface area contributed by atoms with E-state index >= 15 is 0 Å². The molecule has 3 atom stereocenters. The van der Waals surface area contributed by atoms with Gasteiger partial charge in [-0.15, -0.1) is 0 Å². The van der Waals surface area contributed by atoms with Gasteiger partial charge in [-0.1, -0.05) is 66.7 Å². The zero-order chi connectivity index (χ0) is 86.4. The Balaban J connectivity index is 0.000000341. The number of benzene rings is 8.